The van der Waals surface area contributed by atoms with Gasteiger partial charge in [0.25, 0.3) is 0 Å². The lowest BCUT2D eigenvalue weighted by Crippen LogP contribution is -1.95. The molecule has 0 bridgehead atoms. The third kappa shape index (κ3) is 4.34. The van der Waals surface area contributed by atoms with Crippen LogP contribution in [0.1, 0.15) is 12.6 Å². The van der Waals surface area contributed by atoms with E-state index >= 15 is 0 Å². The summed E-state index contributed by atoms with van der Waals surface area (Å²) in [6, 6.07) is 16.0. The predicted molar refractivity (Wildman–Crippen MR) is 121 cm³/mol. The fourth-order valence-electron chi connectivity index (χ4n) is 3.00. The first-order chi connectivity index (χ1) is 14.7. The number of nitrogens with zero attached hydrogens (tertiary/aromatic N) is 4. The third-order valence-corrected chi connectivity index (χ3v) is 6.47. The third-order valence-electron chi connectivity index (χ3n) is 4.48. The molecule has 2 heterocycles. The lowest BCUT2D eigenvalue weighted by Gasteiger charge is -2.09. The number of hydrogen-bond donors (Lipinski definition) is 0. The van der Waals surface area contributed by atoms with Crippen molar-refractivity contribution >= 4 is 23.1 Å². The highest BCUT2D eigenvalue weighted by molar-refractivity contribution is 7.98. The molecule has 2 aromatic carbocycles. The van der Waals surface area contributed by atoms with Gasteiger partial charge in [0.2, 0.25) is 0 Å². The van der Waals surface area contributed by atoms with Gasteiger partial charge in [-0.05, 0) is 25.1 Å². The number of methoxy groups -OCH3 is 1. The van der Waals surface area contributed by atoms with Crippen LogP contribution in [-0.2, 0) is 12.8 Å². The summed E-state index contributed by atoms with van der Waals surface area (Å²) in [5.74, 6) is 3.05. The Labute approximate surface area is 183 Å². The fourth-order valence-corrected chi connectivity index (χ4v) is 4.72. The van der Waals surface area contributed by atoms with E-state index in [9.17, 15) is 0 Å². The summed E-state index contributed by atoms with van der Waals surface area (Å²) in [4.78, 5) is 4.79. The highest BCUT2D eigenvalue weighted by Crippen LogP contribution is 2.34. The molecule has 4 rings (SSSR count). The van der Waals surface area contributed by atoms with E-state index < -0.39 is 0 Å². The van der Waals surface area contributed by atoms with Crippen LogP contribution in [0.25, 0.3) is 22.0 Å². The molecule has 6 nitrogen and oxygen atoms in total. The molecule has 0 aliphatic rings. The molecule has 0 N–H and O–H groups in total. The SMILES string of the molecule is CCOc1ccc(-c2nc(CSc3nnc(-c4ccccc4)n3C)cs2)cc1OC. The zero-order valence-corrected chi connectivity index (χ0v) is 18.7. The van der Waals surface area contributed by atoms with Gasteiger partial charge < -0.3 is 14.0 Å². The van der Waals surface area contributed by atoms with E-state index in [4.69, 9.17) is 14.5 Å². The maximum atomic E-state index is 5.60. The molecule has 0 aliphatic heterocycles. The van der Waals surface area contributed by atoms with Crippen molar-refractivity contribution in [2.75, 3.05) is 13.7 Å². The molecule has 0 spiro atoms. The van der Waals surface area contributed by atoms with Gasteiger partial charge in [-0.25, -0.2) is 4.98 Å². The lowest BCUT2D eigenvalue weighted by atomic mass is 10.2. The molecule has 30 heavy (non-hydrogen) atoms. The van der Waals surface area contributed by atoms with Crippen molar-refractivity contribution in [1.29, 1.82) is 0 Å². The number of hydrogen-bond acceptors (Lipinski definition) is 7. The number of ether oxygens (including phenoxy) is 2. The molecule has 2 aromatic heterocycles. The molecular weight excluding hydrogens is 416 g/mol. The van der Waals surface area contributed by atoms with Gasteiger partial charge in [0.05, 0.1) is 19.4 Å². The van der Waals surface area contributed by atoms with E-state index in [2.05, 4.69) is 15.6 Å². The van der Waals surface area contributed by atoms with Crippen molar-refractivity contribution in [3.8, 4) is 33.5 Å². The summed E-state index contributed by atoms with van der Waals surface area (Å²) < 4.78 is 13.1. The monoisotopic (exact) mass is 438 g/mol. The largest absolute Gasteiger partial charge is 0.493 e. The van der Waals surface area contributed by atoms with Gasteiger partial charge in [0.1, 0.15) is 5.01 Å². The molecule has 0 saturated carbocycles. The smallest absolute Gasteiger partial charge is 0.191 e. The van der Waals surface area contributed by atoms with Gasteiger partial charge >= 0.3 is 0 Å². The van der Waals surface area contributed by atoms with Crippen molar-refractivity contribution < 1.29 is 9.47 Å². The van der Waals surface area contributed by atoms with E-state index in [1.807, 2.05) is 67.1 Å². The number of thioether (sulfide) groups is 1. The molecule has 0 amide bonds. The first-order valence-corrected chi connectivity index (χ1v) is 11.4. The summed E-state index contributed by atoms with van der Waals surface area (Å²) in [6.45, 7) is 2.56. The minimum absolute atomic E-state index is 0.600. The molecule has 0 radical (unpaired) electrons. The Balaban J connectivity index is 1.46. The van der Waals surface area contributed by atoms with Crippen molar-refractivity contribution in [3.63, 3.8) is 0 Å². The normalized spacial score (nSPS) is 10.9. The van der Waals surface area contributed by atoms with Crippen molar-refractivity contribution in [3.05, 3.63) is 59.6 Å². The number of thiazole rings is 1. The Morgan fingerprint density at radius 1 is 1.03 bits per heavy atom. The topological polar surface area (TPSA) is 62.1 Å². The molecule has 0 aliphatic carbocycles. The minimum atomic E-state index is 0.600. The second kappa shape index (κ2) is 9.32. The van der Waals surface area contributed by atoms with Gasteiger partial charge in [-0.1, -0.05) is 42.1 Å². The molecule has 0 saturated heterocycles. The van der Waals surface area contributed by atoms with Crippen molar-refractivity contribution in [1.82, 2.24) is 19.7 Å². The van der Waals surface area contributed by atoms with Gasteiger partial charge in [-0.15, -0.1) is 21.5 Å². The lowest BCUT2D eigenvalue weighted by molar-refractivity contribution is 0.311. The van der Waals surface area contributed by atoms with Crippen LogP contribution in [-0.4, -0.2) is 33.5 Å². The quantitative estimate of drug-likeness (QED) is 0.348. The number of benzene rings is 2. The van der Waals surface area contributed by atoms with E-state index in [1.165, 1.54) is 0 Å². The van der Waals surface area contributed by atoms with E-state index in [0.717, 1.165) is 44.3 Å². The summed E-state index contributed by atoms with van der Waals surface area (Å²) in [7, 11) is 3.64. The standard InChI is InChI=1S/C22H22N4O2S2/c1-4-28-18-11-10-16(12-19(18)27-3)21-23-17(13-29-21)14-30-22-25-24-20(26(22)2)15-8-6-5-7-9-15/h5-13H,4,14H2,1-3H3. The number of rotatable bonds is 8. The van der Waals surface area contributed by atoms with Gasteiger partial charge in [0, 0.05) is 29.3 Å². The fraction of sp³-hybridized carbons (Fsp3) is 0.227. The molecule has 154 valence electrons. The average Bonchev–Trinajstić information content (AvgIpc) is 3.40. The second-order valence-corrected chi connectivity index (χ2v) is 8.26. The minimum Gasteiger partial charge on any atom is -0.493 e. The van der Waals surface area contributed by atoms with Gasteiger partial charge in [-0.2, -0.15) is 0 Å². The Morgan fingerprint density at radius 3 is 2.63 bits per heavy atom. The Morgan fingerprint density at radius 2 is 1.87 bits per heavy atom. The van der Waals surface area contributed by atoms with E-state index in [0.29, 0.717) is 12.4 Å². The first-order valence-electron chi connectivity index (χ1n) is 9.52. The van der Waals surface area contributed by atoms with Crippen LogP contribution in [0, 0.1) is 0 Å². The Bertz CT molecular complexity index is 1130. The first kappa shape index (κ1) is 20.4. The summed E-state index contributed by atoms with van der Waals surface area (Å²) in [5, 5.41) is 12.6. The molecule has 8 heteroatoms. The van der Waals surface area contributed by atoms with Crippen LogP contribution in [0.4, 0.5) is 0 Å². The van der Waals surface area contributed by atoms with Crippen LogP contribution in [0.15, 0.2) is 59.1 Å². The molecular formula is C22H22N4O2S2. The summed E-state index contributed by atoms with van der Waals surface area (Å²) >= 11 is 3.25. The van der Waals surface area contributed by atoms with Gasteiger partial charge in [-0.3, -0.25) is 0 Å². The second-order valence-electron chi connectivity index (χ2n) is 6.46. The van der Waals surface area contributed by atoms with Crippen LogP contribution in [0.3, 0.4) is 0 Å². The van der Waals surface area contributed by atoms with E-state index in [-0.39, 0.29) is 0 Å². The maximum absolute atomic E-state index is 5.60. The van der Waals surface area contributed by atoms with E-state index in [1.54, 1.807) is 30.2 Å². The molecule has 0 atom stereocenters. The highest BCUT2D eigenvalue weighted by Gasteiger charge is 2.13. The molecule has 4 aromatic rings. The van der Waals surface area contributed by atoms with Crippen molar-refractivity contribution in [2.24, 2.45) is 7.05 Å². The van der Waals surface area contributed by atoms with Crippen LogP contribution < -0.4 is 9.47 Å². The summed E-state index contributed by atoms with van der Waals surface area (Å²) in [6.07, 6.45) is 0. The maximum Gasteiger partial charge on any atom is 0.191 e. The zero-order chi connectivity index (χ0) is 20.9. The van der Waals surface area contributed by atoms with Crippen LogP contribution in [0.2, 0.25) is 0 Å². The van der Waals surface area contributed by atoms with Crippen LogP contribution >= 0.6 is 23.1 Å². The number of aromatic nitrogens is 4. The highest BCUT2D eigenvalue weighted by atomic mass is 32.2. The predicted octanol–water partition coefficient (Wildman–Crippen LogP) is 5.31. The van der Waals surface area contributed by atoms with Crippen molar-refractivity contribution in [2.45, 2.75) is 17.8 Å². The zero-order valence-electron chi connectivity index (χ0n) is 17.0. The Kier molecular flexibility index (Phi) is 6.35. The molecule has 0 unspecified atom stereocenters. The molecule has 0 fully saturated rings. The Hall–Kier alpha value is -2.84. The van der Waals surface area contributed by atoms with Gasteiger partial charge in [0.15, 0.2) is 22.5 Å². The van der Waals surface area contributed by atoms with Crippen LogP contribution in [0.5, 0.6) is 11.5 Å². The average molecular weight is 439 g/mol. The summed E-state index contributed by atoms with van der Waals surface area (Å²) in [5.41, 5.74) is 3.08.